The number of sulfonamides is 1. The second-order valence-electron chi connectivity index (χ2n) is 7.30. The summed E-state index contributed by atoms with van der Waals surface area (Å²) < 4.78 is 52.1. The van der Waals surface area contributed by atoms with Gasteiger partial charge in [-0.25, -0.2) is 13.6 Å². The van der Waals surface area contributed by atoms with Crippen LogP contribution in [0.2, 0.25) is 5.02 Å². The van der Waals surface area contributed by atoms with Crippen molar-refractivity contribution in [1.29, 1.82) is 0 Å². The fourth-order valence-electron chi connectivity index (χ4n) is 3.35. The molecule has 2 aromatic carbocycles. The lowest BCUT2D eigenvalue weighted by Gasteiger charge is -2.29. The molecule has 31 heavy (non-hydrogen) atoms. The van der Waals surface area contributed by atoms with E-state index in [0.29, 0.717) is 34.8 Å². The number of nitrogens with two attached hydrogens (primary N) is 1. The molecule has 0 spiro atoms. The van der Waals surface area contributed by atoms with Crippen LogP contribution in [0.15, 0.2) is 47.4 Å². The van der Waals surface area contributed by atoms with Crippen LogP contribution < -0.4 is 15.2 Å². The van der Waals surface area contributed by atoms with Gasteiger partial charge in [0.15, 0.2) is 0 Å². The Kier molecular flexibility index (Phi) is 6.92. The molecule has 0 unspecified atom stereocenters. The summed E-state index contributed by atoms with van der Waals surface area (Å²) in [5, 5.41) is 8.24. The average molecular weight is 487 g/mol. The molecule has 2 aromatic rings. The van der Waals surface area contributed by atoms with Gasteiger partial charge in [-0.3, -0.25) is 9.52 Å². The monoisotopic (exact) mass is 486 g/mol. The summed E-state index contributed by atoms with van der Waals surface area (Å²) in [5.41, 5.74) is 1.16. The van der Waals surface area contributed by atoms with E-state index in [1.165, 1.54) is 12.1 Å². The zero-order valence-corrected chi connectivity index (χ0v) is 19.1. The Balaban J connectivity index is 1.73. The number of nitrogens with zero attached hydrogens (tertiary/aromatic N) is 1. The fraction of sp³-hybridized carbons (Fsp3) is 0.316. The molecule has 0 aromatic heterocycles. The number of halogens is 1. The molecule has 0 aliphatic carbocycles. The van der Waals surface area contributed by atoms with Crippen molar-refractivity contribution in [1.82, 2.24) is 4.31 Å². The Hall–Kier alpha value is -2.18. The van der Waals surface area contributed by atoms with Gasteiger partial charge in [0.25, 0.3) is 20.2 Å². The zero-order valence-electron chi connectivity index (χ0n) is 16.7. The number of carbonyl (C=O) groups excluding carboxylic acids is 1. The van der Waals surface area contributed by atoms with Gasteiger partial charge in [0.05, 0.1) is 10.6 Å². The van der Waals surface area contributed by atoms with E-state index in [0.717, 1.165) is 4.31 Å². The van der Waals surface area contributed by atoms with Gasteiger partial charge in [-0.2, -0.15) is 12.7 Å². The lowest BCUT2D eigenvalue weighted by Crippen LogP contribution is -2.44. The summed E-state index contributed by atoms with van der Waals surface area (Å²) in [6.07, 6.45) is 0.658. The third kappa shape index (κ3) is 5.95. The topological polar surface area (TPSA) is 139 Å². The second kappa shape index (κ2) is 9.13. The predicted molar refractivity (Wildman–Crippen MR) is 119 cm³/mol. The molecule has 1 saturated heterocycles. The molecule has 3 rings (SSSR count). The molecule has 1 fully saturated rings. The van der Waals surface area contributed by atoms with Gasteiger partial charge >= 0.3 is 0 Å². The van der Waals surface area contributed by atoms with Crippen LogP contribution in [0.1, 0.15) is 18.4 Å². The van der Waals surface area contributed by atoms with E-state index in [2.05, 4.69) is 10.0 Å². The number of hydrogen-bond acceptors (Lipinski definition) is 5. The van der Waals surface area contributed by atoms with Gasteiger partial charge in [0.1, 0.15) is 0 Å². The highest BCUT2D eigenvalue weighted by Crippen LogP contribution is 2.26. The summed E-state index contributed by atoms with van der Waals surface area (Å²) in [4.78, 5) is 12.6. The van der Waals surface area contributed by atoms with Crippen molar-refractivity contribution in [2.45, 2.75) is 24.7 Å². The first-order valence-electron chi connectivity index (χ1n) is 9.43. The predicted octanol–water partition coefficient (Wildman–Crippen LogP) is 2.30. The number of nitrogens with one attached hydrogen (secondary N) is 2. The lowest BCUT2D eigenvalue weighted by molar-refractivity contribution is -0.120. The maximum Gasteiger partial charge on any atom is 0.276 e. The molecular formula is C19H23ClN4O5S2. The molecule has 1 aliphatic rings. The van der Waals surface area contributed by atoms with Gasteiger partial charge in [-0.05, 0) is 55.7 Å². The van der Waals surface area contributed by atoms with Gasteiger partial charge in [0, 0.05) is 29.7 Å². The Labute approximate surface area is 186 Å². The van der Waals surface area contributed by atoms with Crippen LogP contribution >= 0.6 is 11.6 Å². The van der Waals surface area contributed by atoms with Crippen LogP contribution in [0.3, 0.4) is 0 Å². The zero-order chi connectivity index (χ0) is 22.8. The van der Waals surface area contributed by atoms with E-state index >= 15 is 0 Å². The van der Waals surface area contributed by atoms with Gasteiger partial charge in [-0.1, -0.05) is 23.7 Å². The summed E-state index contributed by atoms with van der Waals surface area (Å²) in [7, 11) is -7.68. The molecule has 9 nitrogen and oxygen atoms in total. The van der Waals surface area contributed by atoms with E-state index in [-0.39, 0.29) is 23.9 Å². The molecule has 0 atom stereocenters. The van der Waals surface area contributed by atoms with E-state index in [1.54, 1.807) is 37.3 Å². The maximum atomic E-state index is 12.9. The minimum absolute atomic E-state index is 0.0225. The highest BCUT2D eigenvalue weighted by molar-refractivity contribution is 7.92. The molecule has 0 bridgehead atoms. The number of hydrogen-bond donors (Lipinski definition) is 3. The minimum atomic E-state index is -3.91. The van der Waals surface area contributed by atoms with E-state index in [9.17, 15) is 21.6 Å². The van der Waals surface area contributed by atoms with Crippen molar-refractivity contribution in [2.24, 2.45) is 11.1 Å². The molecule has 0 saturated carbocycles. The first-order chi connectivity index (χ1) is 14.5. The van der Waals surface area contributed by atoms with Crippen LogP contribution in [0.25, 0.3) is 0 Å². The molecule has 1 aliphatic heterocycles. The number of benzene rings is 2. The summed E-state index contributed by atoms with van der Waals surface area (Å²) in [6, 6.07) is 10.9. The lowest BCUT2D eigenvalue weighted by atomic mass is 9.97. The average Bonchev–Trinajstić information content (AvgIpc) is 2.68. The summed E-state index contributed by atoms with van der Waals surface area (Å²) >= 11 is 5.92. The maximum absolute atomic E-state index is 12.9. The third-order valence-corrected chi connectivity index (χ3v) is 7.85. The molecule has 168 valence electrons. The highest BCUT2D eigenvalue weighted by Gasteiger charge is 2.29. The molecular weight excluding hydrogens is 464 g/mol. The van der Waals surface area contributed by atoms with Crippen LogP contribution in [0, 0.1) is 12.8 Å². The number of amides is 1. The van der Waals surface area contributed by atoms with E-state index in [4.69, 9.17) is 16.7 Å². The quantitative estimate of drug-likeness (QED) is 0.575. The third-order valence-electron chi connectivity index (χ3n) is 5.01. The molecule has 1 amide bonds. The van der Waals surface area contributed by atoms with Gasteiger partial charge in [0.2, 0.25) is 5.91 Å². The van der Waals surface area contributed by atoms with Gasteiger partial charge < -0.3 is 5.32 Å². The molecule has 4 N–H and O–H groups in total. The standard InChI is InChI=1S/C19H23ClN4O5S2/c1-13-5-6-16(22-19(25)14-7-9-24(10-8-14)31(21,28)29)12-18(13)30(26,27)23-17-4-2-3-15(20)11-17/h2-6,11-12,14,23H,7-10H2,1H3,(H,22,25)(H2,21,28,29). The van der Waals surface area contributed by atoms with Crippen molar-refractivity contribution in [3.05, 3.63) is 53.1 Å². The van der Waals surface area contributed by atoms with E-state index < -0.39 is 26.2 Å². The van der Waals surface area contributed by atoms with E-state index in [1.807, 2.05) is 0 Å². The Morgan fingerprint density at radius 3 is 2.35 bits per heavy atom. The van der Waals surface area contributed by atoms with Crippen LogP contribution in [0.4, 0.5) is 11.4 Å². The van der Waals surface area contributed by atoms with Crippen LogP contribution in [-0.4, -0.2) is 40.1 Å². The molecule has 0 radical (unpaired) electrons. The summed E-state index contributed by atoms with van der Waals surface area (Å²) in [6.45, 7) is 1.98. The summed E-state index contributed by atoms with van der Waals surface area (Å²) in [5.74, 6) is -0.701. The Morgan fingerprint density at radius 1 is 1.06 bits per heavy atom. The van der Waals surface area contributed by atoms with Crippen LogP contribution in [-0.2, 0) is 25.0 Å². The van der Waals surface area contributed by atoms with Crippen molar-refractivity contribution in [2.75, 3.05) is 23.1 Å². The first-order valence-corrected chi connectivity index (χ1v) is 12.8. The normalized spacial score (nSPS) is 16.1. The first kappa shape index (κ1) is 23.5. The van der Waals surface area contributed by atoms with Crippen molar-refractivity contribution >= 4 is 49.1 Å². The number of anilines is 2. The highest BCUT2D eigenvalue weighted by atomic mass is 35.5. The molecule has 12 heteroatoms. The minimum Gasteiger partial charge on any atom is -0.326 e. The number of aryl methyl sites for hydroxylation is 1. The SMILES string of the molecule is Cc1ccc(NC(=O)C2CCN(S(N)(=O)=O)CC2)cc1S(=O)(=O)Nc1cccc(Cl)c1. The number of carbonyl (C=O) groups is 1. The Bertz CT molecular complexity index is 1190. The van der Waals surface area contributed by atoms with Gasteiger partial charge in [-0.15, -0.1) is 0 Å². The van der Waals surface area contributed by atoms with Crippen molar-refractivity contribution < 1.29 is 21.6 Å². The number of piperidine rings is 1. The van der Waals surface area contributed by atoms with Crippen molar-refractivity contribution in [3.8, 4) is 0 Å². The van der Waals surface area contributed by atoms with Crippen molar-refractivity contribution in [3.63, 3.8) is 0 Å². The largest absolute Gasteiger partial charge is 0.326 e. The second-order valence-corrected chi connectivity index (χ2v) is 10.9. The fourth-order valence-corrected chi connectivity index (χ4v) is 5.58. The number of rotatable bonds is 6. The van der Waals surface area contributed by atoms with Crippen LogP contribution in [0.5, 0.6) is 0 Å². The smallest absolute Gasteiger partial charge is 0.276 e. The Morgan fingerprint density at radius 2 is 1.74 bits per heavy atom. The molecule has 1 heterocycles.